The van der Waals surface area contributed by atoms with E-state index < -0.39 is 0 Å². The number of ether oxygens (including phenoxy) is 1. The predicted molar refractivity (Wildman–Crippen MR) is 84.6 cm³/mol. The Morgan fingerprint density at radius 1 is 1.47 bits per heavy atom. The molecule has 1 aromatic carbocycles. The zero-order chi connectivity index (χ0) is 14.4. The summed E-state index contributed by atoms with van der Waals surface area (Å²) in [6, 6.07) is 6.26. The molecule has 0 aliphatic carbocycles. The molecule has 0 aliphatic heterocycles. The second-order valence-corrected chi connectivity index (χ2v) is 5.42. The fourth-order valence-corrected chi connectivity index (χ4v) is 2.13. The van der Waals surface area contributed by atoms with Gasteiger partial charge < -0.3 is 10.5 Å². The minimum Gasteiger partial charge on any atom is -0.496 e. The molecule has 0 bridgehead atoms. The van der Waals surface area contributed by atoms with Gasteiger partial charge in [-0.1, -0.05) is 43.8 Å². The Bertz CT molecular complexity index is 434. The number of hydrogen-bond acceptors (Lipinski definition) is 3. The smallest absolute Gasteiger partial charge is 0.123 e. The molecule has 4 heteroatoms. The topological polar surface area (TPSA) is 38.5 Å². The van der Waals surface area contributed by atoms with Crippen LogP contribution < -0.4 is 10.5 Å². The van der Waals surface area contributed by atoms with Crippen LogP contribution in [-0.2, 0) is 6.54 Å². The maximum Gasteiger partial charge on any atom is 0.123 e. The highest BCUT2D eigenvalue weighted by Gasteiger charge is 2.13. The summed E-state index contributed by atoms with van der Waals surface area (Å²) in [5.74, 6) is 1.16. The predicted octanol–water partition coefficient (Wildman–Crippen LogP) is 2.75. The van der Waals surface area contributed by atoms with Crippen LogP contribution in [0.3, 0.4) is 0 Å². The number of methoxy groups -OCH3 is 1. The van der Waals surface area contributed by atoms with Gasteiger partial charge in [0.1, 0.15) is 5.75 Å². The normalized spacial score (nSPS) is 12.5. The quantitative estimate of drug-likeness (QED) is 0.780. The van der Waals surface area contributed by atoms with Gasteiger partial charge in [-0.2, -0.15) is 0 Å². The van der Waals surface area contributed by atoms with E-state index in [1.807, 2.05) is 6.07 Å². The third kappa shape index (κ3) is 4.80. The van der Waals surface area contributed by atoms with E-state index in [4.69, 9.17) is 22.7 Å². The van der Waals surface area contributed by atoms with Crippen molar-refractivity contribution in [1.29, 1.82) is 0 Å². The van der Waals surface area contributed by atoms with Crippen molar-refractivity contribution in [2.75, 3.05) is 20.2 Å². The molecule has 0 aromatic heterocycles. The van der Waals surface area contributed by atoms with Gasteiger partial charge in [0.2, 0.25) is 0 Å². The highest BCUT2D eigenvalue weighted by atomic mass is 32.1. The van der Waals surface area contributed by atoms with Crippen molar-refractivity contribution < 1.29 is 4.74 Å². The summed E-state index contributed by atoms with van der Waals surface area (Å²) in [5.41, 5.74) is 8.15. The first-order valence-electron chi connectivity index (χ1n) is 6.63. The van der Waals surface area contributed by atoms with Crippen molar-refractivity contribution in [3.8, 4) is 5.75 Å². The molecular weight excluding hydrogens is 256 g/mol. The first-order valence-corrected chi connectivity index (χ1v) is 7.04. The molecule has 0 amide bonds. The number of hydrogen-bond donors (Lipinski definition) is 1. The zero-order valence-corrected chi connectivity index (χ0v) is 13.1. The third-order valence-electron chi connectivity index (χ3n) is 3.29. The van der Waals surface area contributed by atoms with Gasteiger partial charge in [-0.25, -0.2) is 0 Å². The van der Waals surface area contributed by atoms with Crippen molar-refractivity contribution in [3.63, 3.8) is 0 Å². The van der Waals surface area contributed by atoms with Crippen LogP contribution in [0.1, 0.15) is 25.0 Å². The molecule has 0 aliphatic rings. The van der Waals surface area contributed by atoms with Gasteiger partial charge >= 0.3 is 0 Å². The minimum absolute atomic E-state index is 0.228. The van der Waals surface area contributed by atoms with Crippen molar-refractivity contribution >= 4 is 17.2 Å². The summed E-state index contributed by atoms with van der Waals surface area (Å²) in [6.07, 6.45) is 0. The highest BCUT2D eigenvalue weighted by Crippen LogP contribution is 2.21. The van der Waals surface area contributed by atoms with Crippen LogP contribution >= 0.6 is 12.2 Å². The number of benzene rings is 1. The van der Waals surface area contributed by atoms with E-state index >= 15 is 0 Å². The summed E-state index contributed by atoms with van der Waals surface area (Å²) in [5, 5.41) is 0. The molecule has 2 N–H and O–H groups in total. The lowest BCUT2D eigenvalue weighted by Crippen LogP contribution is -2.33. The van der Waals surface area contributed by atoms with Crippen molar-refractivity contribution in [3.05, 3.63) is 29.3 Å². The second-order valence-electron chi connectivity index (χ2n) is 4.95. The molecular formula is C15H24N2OS. The average Bonchev–Trinajstić information content (AvgIpc) is 2.37. The van der Waals surface area contributed by atoms with E-state index in [1.54, 1.807) is 7.11 Å². The summed E-state index contributed by atoms with van der Waals surface area (Å²) in [6.45, 7) is 9.01. The molecule has 3 nitrogen and oxygen atoms in total. The fourth-order valence-electron chi connectivity index (χ4n) is 2.05. The highest BCUT2D eigenvalue weighted by molar-refractivity contribution is 7.80. The van der Waals surface area contributed by atoms with E-state index in [9.17, 15) is 0 Å². The molecule has 1 aromatic rings. The molecule has 0 radical (unpaired) electrons. The molecule has 0 heterocycles. The Morgan fingerprint density at radius 2 is 2.16 bits per heavy atom. The van der Waals surface area contributed by atoms with Crippen LogP contribution in [0.4, 0.5) is 0 Å². The Morgan fingerprint density at radius 3 is 2.68 bits per heavy atom. The van der Waals surface area contributed by atoms with E-state index in [0.717, 1.165) is 25.4 Å². The minimum atomic E-state index is 0.228. The molecule has 19 heavy (non-hydrogen) atoms. The summed E-state index contributed by atoms with van der Waals surface area (Å²) >= 11 is 5.04. The Labute approximate surface area is 121 Å². The second kappa shape index (κ2) is 7.46. The average molecular weight is 280 g/mol. The van der Waals surface area contributed by atoms with E-state index in [-0.39, 0.29) is 5.92 Å². The van der Waals surface area contributed by atoms with Crippen LogP contribution in [0, 0.1) is 12.8 Å². The summed E-state index contributed by atoms with van der Waals surface area (Å²) < 4.78 is 5.42. The lowest BCUT2D eigenvalue weighted by Gasteiger charge is -2.24. The first-order chi connectivity index (χ1) is 8.97. The molecule has 0 saturated heterocycles. The largest absolute Gasteiger partial charge is 0.496 e. The molecule has 1 unspecified atom stereocenters. The van der Waals surface area contributed by atoms with Gasteiger partial charge in [0.25, 0.3) is 0 Å². The summed E-state index contributed by atoms with van der Waals surface area (Å²) in [7, 11) is 1.71. The van der Waals surface area contributed by atoms with E-state index in [2.05, 4.69) is 37.8 Å². The Hall–Kier alpha value is -1.13. The van der Waals surface area contributed by atoms with Crippen LogP contribution in [0.5, 0.6) is 5.75 Å². The molecule has 0 spiro atoms. The molecule has 106 valence electrons. The van der Waals surface area contributed by atoms with Crippen LogP contribution in [0.2, 0.25) is 0 Å². The van der Waals surface area contributed by atoms with E-state index in [1.165, 1.54) is 11.1 Å². The van der Waals surface area contributed by atoms with Crippen LogP contribution in [-0.4, -0.2) is 30.1 Å². The SMILES string of the molecule is CCN(Cc1cc(C)ccc1OC)CC(C)C(N)=S. The number of nitrogens with two attached hydrogens (primary N) is 1. The first kappa shape index (κ1) is 15.9. The monoisotopic (exact) mass is 280 g/mol. The Balaban J connectivity index is 2.80. The van der Waals surface area contributed by atoms with Crippen molar-refractivity contribution in [2.45, 2.75) is 27.3 Å². The zero-order valence-electron chi connectivity index (χ0n) is 12.3. The van der Waals surface area contributed by atoms with E-state index in [0.29, 0.717) is 4.99 Å². The number of rotatable bonds is 7. The summed E-state index contributed by atoms with van der Waals surface area (Å²) in [4.78, 5) is 2.91. The third-order valence-corrected chi connectivity index (χ3v) is 3.70. The van der Waals surface area contributed by atoms with Crippen LogP contribution in [0.15, 0.2) is 18.2 Å². The molecule has 0 saturated carbocycles. The van der Waals surface area contributed by atoms with Crippen molar-refractivity contribution in [1.82, 2.24) is 4.90 Å². The number of nitrogens with zero attached hydrogens (tertiary/aromatic N) is 1. The standard InChI is InChI=1S/C15H24N2OS/c1-5-17(9-12(3)15(16)19)10-13-8-11(2)6-7-14(13)18-4/h6-8,12H,5,9-10H2,1-4H3,(H2,16,19). The van der Waals surface area contributed by atoms with Gasteiger partial charge in [-0.05, 0) is 19.5 Å². The number of thiocarbonyl (C=S) groups is 1. The molecule has 0 fully saturated rings. The van der Waals surface area contributed by atoms with Gasteiger partial charge in [0.05, 0.1) is 12.1 Å². The van der Waals surface area contributed by atoms with Gasteiger partial charge in [-0.15, -0.1) is 0 Å². The van der Waals surface area contributed by atoms with Crippen LogP contribution in [0.25, 0.3) is 0 Å². The van der Waals surface area contributed by atoms with Gasteiger partial charge in [0.15, 0.2) is 0 Å². The Kier molecular flexibility index (Phi) is 6.25. The van der Waals surface area contributed by atoms with Crippen molar-refractivity contribution in [2.24, 2.45) is 11.7 Å². The number of aryl methyl sites for hydroxylation is 1. The lowest BCUT2D eigenvalue weighted by atomic mass is 10.1. The fraction of sp³-hybridized carbons (Fsp3) is 0.533. The molecule has 1 rings (SSSR count). The lowest BCUT2D eigenvalue weighted by molar-refractivity contribution is 0.259. The maximum absolute atomic E-state index is 5.69. The van der Waals surface area contributed by atoms with Gasteiger partial charge in [-0.3, -0.25) is 4.90 Å². The maximum atomic E-state index is 5.69. The molecule has 1 atom stereocenters. The van der Waals surface area contributed by atoms with Gasteiger partial charge in [0, 0.05) is 24.6 Å².